The summed E-state index contributed by atoms with van der Waals surface area (Å²) in [5.41, 5.74) is 0. The summed E-state index contributed by atoms with van der Waals surface area (Å²) < 4.78 is 10.5. The van der Waals surface area contributed by atoms with Crippen LogP contribution in [0.4, 0.5) is 4.39 Å². The lowest BCUT2D eigenvalue weighted by Crippen LogP contribution is -1.22. The Morgan fingerprint density at radius 2 is 1.80 bits per heavy atom. The summed E-state index contributed by atoms with van der Waals surface area (Å²) in [4.78, 5) is 0. The van der Waals surface area contributed by atoms with Crippen molar-refractivity contribution in [3.63, 3.8) is 0 Å². The van der Waals surface area contributed by atoms with Gasteiger partial charge in [-0.15, -0.1) is 12.4 Å². The first-order chi connectivity index (χ1) is 1.91. The molecule has 0 atom stereocenters. The van der Waals surface area contributed by atoms with E-state index in [4.69, 9.17) is 0 Å². The molecule has 0 rings (SSSR count). The van der Waals surface area contributed by atoms with Crippen molar-refractivity contribution in [1.29, 1.82) is 0 Å². The molecule has 0 N–H and O–H groups in total. The predicted molar refractivity (Wildman–Crippen MR) is 23.2 cm³/mol. The van der Waals surface area contributed by atoms with Gasteiger partial charge in [-0.1, -0.05) is 6.08 Å². The van der Waals surface area contributed by atoms with Crippen molar-refractivity contribution < 1.29 is 4.39 Å². The molecular formula is C3H6ClF. The zero-order valence-corrected chi connectivity index (χ0v) is 3.76. The van der Waals surface area contributed by atoms with E-state index in [0.717, 1.165) is 0 Å². The second-order valence-corrected chi connectivity index (χ2v) is 0.459. The molecular weight excluding hydrogens is 90.5 g/mol. The van der Waals surface area contributed by atoms with Crippen molar-refractivity contribution in [3.05, 3.63) is 12.4 Å². The Hall–Kier alpha value is -0.0400. The molecule has 0 saturated carbocycles. The zero-order valence-electron chi connectivity index (χ0n) is 2.94. The van der Waals surface area contributed by atoms with Crippen molar-refractivity contribution in [2.75, 3.05) is 0 Å². The number of rotatable bonds is 0. The van der Waals surface area contributed by atoms with Crippen LogP contribution in [0.15, 0.2) is 12.4 Å². The van der Waals surface area contributed by atoms with Crippen LogP contribution in [-0.4, -0.2) is 0 Å². The van der Waals surface area contributed by atoms with Crippen LogP contribution >= 0.6 is 12.4 Å². The van der Waals surface area contributed by atoms with Gasteiger partial charge in [-0.2, -0.15) is 0 Å². The number of allylic oxidation sites excluding steroid dienone is 1. The van der Waals surface area contributed by atoms with Gasteiger partial charge in [-0.05, 0) is 6.92 Å². The molecule has 0 aromatic rings. The maximum absolute atomic E-state index is 10.5. The average Bonchev–Trinajstić information content (AvgIpc) is 1.37. The van der Waals surface area contributed by atoms with Crippen LogP contribution in [-0.2, 0) is 0 Å². The molecule has 2 heteroatoms. The molecule has 0 bridgehead atoms. The van der Waals surface area contributed by atoms with Crippen molar-refractivity contribution in [2.24, 2.45) is 0 Å². The van der Waals surface area contributed by atoms with Crippen LogP contribution in [0.3, 0.4) is 0 Å². The third-order valence-corrected chi connectivity index (χ3v) is 0.126. The average molecular weight is 96.5 g/mol. The molecule has 0 nitrogen and oxygen atoms in total. The highest BCUT2D eigenvalue weighted by molar-refractivity contribution is 5.85. The number of hydrogen-bond donors (Lipinski definition) is 0. The first kappa shape index (κ1) is 8.88. The third-order valence-electron chi connectivity index (χ3n) is 0.126. The second kappa shape index (κ2) is 9.03. The minimum absolute atomic E-state index is 0. The Morgan fingerprint density at radius 1 is 1.60 bits per heavy atom. The van der Waals surface area contributed by atoms with Crippen LogP contribution in [0.2, 0.25) is 0 Å². The van der Waals surface area contributed by atoms with Crippen LogP contribution in [0.5, 0.6) is 0 Å². The molecule has 5 heavy (non-hydrogen) atoms. The van der Waals surface area contributed by atoms with E-state index in [2.05, 4.69) is 0 Å². The fourth-order valence-corrected chi connectivity index (χ4v) is 0. The molecule has 0 heterocycles. The molecule has 0 unspecified atom stereocenters. The summed E-state index contributed by atoms with van der Waals surface area (Å²) in [5, 5.41) is 0. The minimum Gasteiger partial charge on any atom is -0.216 e. The summed E-state index contributed by atoms with van der Waals surface area (Å²) >= 11 is 0. The third kappa shape index (κ3) is 16.5. The molecule has 0 saturated heterocycles. The number of hydrogen-bond acceptors (Lipinski definition) is 0. The van der Waals surface area contributed by atoms with Gasteiger partial charge in [0.15, 0.2) is 0 Å². The van der Waals surface area contributed by atoms with E-state index in [1.165, 1.54) is 6.08 Å². The van der Waals surface area contributed by atoms with Gasteiger partial charge in [-0.3, -0.25) is 0 Å². The maximum Gasteiger partial charge on any atom is 0.0824 e. The largest absolute Gasteiger partial charge is 0.216 e. The summed E-state index contributed by atoms with van der Waals surface area (Å²) in [6.07, 6.45) is 1.83. The van der Waals surface area contributed by atoms with Gasteiger partial charge in [0.2, 0.25) is 0 Å². The highest BCUT2D eigenvalue weighted by Gasteiger charge is 1.38. The van der Waals surface area contributed by atoms with Gasteiger partial charge < -0.3 is 0 Å². The summed E-state index contributed by atoms with van der Waals surface area (Å²) in [6, 6.07) is 0. The molecule has 0 fully saturated rings. The fraction of sp³-hybridized carbons (Fsp3) is 0.333. The smallest absolute Gasteiger partial charge is 0.0824 e. The van der Waals surface area contributed by atoms with E-state index in [-0.39, 0.29) is 12.4 Å². The van der Waals surface area contributed by atoms with E-state index in [9.17, 15) is 4.39 Å². The van der Waals surface area contributed by atoms with Gasteiger partial charge in [-0.25, -0.2) is 4.39 Å². The van der Waals surface area contributed by atoms with Gasteiger partial charge in [0.05, 0.1) is 6.33 Å². The normalized spacial score (nSPS) is 7.60. The predicted octanol–water partition coefficient (Wildman–Crippen LogP) is 1.91. The molecule has 0 radical (unpaired) electrons. The van der Waals surface area contributed by atoms with Crippen molar-refractivity contribution >= 4 is 12.4 Å². The summed E-state index contributed by atoms with van der Waals surface area (Å²) in [6.45, 7) is 1.62. The quantitative estimate of drug-likeness (QED) is 0.432. The van der Waals surface area contributed by atoms with E-state index < -0.39 is 0 Å². The maximum atomic E-state index is 10.5. The molecule has 0 aromatic heterocycles. The molecule has 0 amide bonds. The lowest BCUT2D eigenvalue weighted by Gasteiger charge is -1.45. The van der Waals surface area contributed by atoms with Crippen LogP contribution in [0.1, 0.15) is 6.92 Å². The fourth-order valence-electron chi connectivity index (χ4n) is 0. The van der Waals surface area contributed by atoms with E-state index in [1.54, 1.807) is 6.92 Å². The Labute approximate surface area is 37.1 Å². The molecule has 0 aliphatic carbocycles. The minimum atomic E-state index is 0. The van der Waals surface area contributed by atoms with E-state index in [0.29, 0.717) is 6.33 Å². The standard InChI is InChI=1S/C3H5F.ClH/c1-2-3-4;/h2-3H,1H3;1H. The van der Waals surface area contributed by atoms with E-state index >= 15 is 0 Å². The Morgan fingerprint density at radius 3 is 1.80 bits per heavy atom. The van der Waals surface area contributed by atoms with Crippen molar-refractivity contribution in [3.8, 4) is 0 Å². The monoisotopic (exact) mass is 96.0 g/mol. The SMILES string of the molecule is CC=CF.Cl. The van der Waals surface area contributed by atoms with E-state index in [1.807, 2.05) is 0 Å². The lowest BCUT2D eigenvalue weighted by molar-refractivity contribution is 0.719. The second-order valence-electron chi connectivity index (χ2n) is 0.459. The molecule has 0 spiro atoms. The van der Waals surface area contributed by atoms with Gasteiger partial charge in [0.25, 0.3) is 0 Å². The summed E-state index contributed by atoms with van der Waals surface area (Å²) in [7, 11) is 0. The van der Waals surface area contributed by atoms with Gasteiger partial charge >= 0.3 is 0 Å². The van der Waals surface area contributed by atoms with Gasteiger partial charge in [0.1, 0.15) is 0 Å². The van der Waals surface area contributed by atoms with Crippen LogP contribution in [0, 0.1) is 0 Å². The van der Waals surface area contributed by atoms with Crippen LogP contribution < -0.4 is 0 Å². The van der Waals surface area contributed by atoms with Gasteiger partial charge in [0, 0.05) is 0 Å². The Balaban J connectivity index is 0. The Bertz CT molecular complexity index is 22.1. The first-order valence-corrected chi connectivity index (χ1v) is 1.13. The summed E-state index contributed by atoms with van der Waals surface area (Å²) in [5.74, 6) is 0. The molecule has 0 aliphatic rings. The van der Waals surface area contributed by atoms with Crippen LogP contribution in [0.25, 0.3) is 0 Å². The zero-order chi connectivity index (χ0) is 3.41. The molecule has 0 aliphatic heterocycles. The van der Waals surface area contributed by atoms with Crippen molar-refractivity contribution in [2.45, 2.75) is 6.92 Å². The molecule has 0 aromatic carbocycles. The van der Waals surface area contributed by atoms with Crippen molar-refractivity contribution in [1.82, 2.24) is 0 Å². The first-order valence-electron chi connectivity index (χ1n) is 1.13. The highest BCUT2D eigenvalue weighted by atomic mass is 35.5. The lowest BCUT2D eigenvalue weighted by atomic mass is 10.8. The molecule has 32 valence electrons. The highest BCUT2D eigenvalue weighted by Crippen LogP contribution is 1.62. The number of halogens is 2. The Kier molecular flexibility index (Phi) is 16.0. The topological polar surface area (TPSA) is 0 Å².